The van der Waals surface area contributed by atoms with Crippen LogP contribution in [0.2, 0.25) is 0 Å². The van der Waals surface area contributed by atoms with Crippen LogP contribution in [0, 0.1) is 19.7 Å². The summed E-state index contributed by atoms with van der Waals surface area (Å²) in [6, 6.07) is 5.65. The third-order valence-corrected chi connectivity index (χ3v) is 3.06. The number of aryl methyl sites for hydroxylation is 3. The van der Waals surface area contributed by atoms with E-state index in [1.807, 2.05) is 18.2 Å². The normalized spacial score (nSPS) is 10.5. The fraction of sp³-hybridized carbons (Fsp3) is 0.333. The first kappa shape index (κ1) is 13.5. The van der Waals surface area contributed by atoms with Crippen molar-refractivity contribution in [3.05, 3.63) is 52.7 Å². The molecule has 0 aliphatic rings. The average molecular weight is 259 g/mol. The van der Waals surface area contributed by atoms with Gasteiger partial charge < -0.3 is 5.32 Å². The average Bonchev–Trinajstić information content (AvgIpc) is 2.42. The molecule has 3 nitrogen and oxygen atoms in total. The molecule has 4 heteroatoms. The van der Waals surface area contributed by atoms with E-state index in [-0.39, 0.29) is 5.82 Å². The Morgan fingerprint density at radius 1 is 1.11 bits per heavy atom. The number of anilines is 1. The van der Waals surface area contributed by atoms with Crippen LogP contribution in [0.1, 0.15) is 29.3 Å². The second kappa shape index (κ2) is 5.78. The molecule has 1 N–H and O–H groups in total. The Labute approximate surface area is 112 Å². The lowest BCUT2D eigenvalue weighted by atomic mass is 10.1. The maximum atomic E-state index is 13.5. The maximum absolute atomic E-state index is 13.5. The second-order valence-electron chi connectivity index (χ2n) is 4.65. The molecule has 0 atom stereocenters. The van der Waals surface area contributed by atoms with Gasteiger partial charge in [-0.05, 0) is 37.0 Å². The number of hydrogen-bond donors (Lipinski definition) is 1. The fourth-order valence-corrected chi connectivity index (χ4v) is 2.02. The zero-order chi connectivity index (χ0) is 13.8. The quantitative estimate of drug-likeness (QED) is 0.914. The van der Waals surface area contributed by atoms with E-state index >= 15 is 0 Å². The van der Waals surface area contributed by atoms with Crippen molar-refractivity contribution in [3.63, 3.8) is 0 Å². The zero-order valence-electron chi connectivity index (χ0n) is 11.5. The molecule has 0 aliphatic carbocycles. The molecular weight excluding hydrogens is 241 g/mol. The summed E-state index contributed by atoms with van der Waals surface area (Å²) in [6.45, 7) is 6.25. The van der Waals surface area contributed by atoms with Crippen molar-refractivity contribution >= 4 is 5.82 Å². The van der Waals surface area contributed by atoms with E-state index in [1.54, 1.807) is 20.2 Å². The maximum Gasteiger partial charge on any atom is 0.129 e. The minimum absolute atomic E-state index is 0.126. The molecule has 1 aromatic carbocycles. The standard InChI is InChI=1S/C15H18FN3/c1-4-13-7-14(19-9-18-13)17-8-12-5-10(2)15(16)11(3)6-12/h5-7,9H,4,8H2,1-3H3,(H,17,18,19). The first-order chi connectivity index (χ1) is 9.10. The number of nitrogens with zero attached hydrogens (tertiary/aromatic N) is 2. The van der Waals surface area contributed by atoms with E-state index in [0.29, 0.717) is 17.7 Å². The molecule has 0 amide bonds. The van der Waals surface area contributed by atoms with Gasteiger partial charge in [-0.3, -0.25) is 0 Å². The van der Waals surface area contributed by atoms with Gasteiger partial charge in [-0.25, -0.2) is 14.4 Å². The van der Waals surface area contributed by atoms with E-state index in [4.69, 9.17) is 0 Å². The summed E-state index contributed by atoms with van der Waals surface area (Å²) in [5, 5.41) is 3.24. The Morgan fingerprint density at radius 3 is 2.42 bits per heavy atom. The highest BCUT2D eigenvalue weighted by molar-refractivity contribution is 5.38. The van der Waals surface area contributed by atoms with Crippen LogP contribution in [0.25, 0.3) is 0 Å². The van der Waals surface area contributed by atoms with Crippen molar-refractivity contribution in [3.8, 4) is 0 Å². The summed E-state index contributed by atoms with van der Waals surface area (Å²) in [6.07, 6.45) is 2.44. The van der Waals surface area contributed by atoms with Crippen LogP contribution < -0.4 is 5.32 Å². The minimum atomic E-state index is -0.126. The molecule has 0 aliphatic heterocycles. The number of benzene rings is 1. The van der Waals surface area contributed by atoms with Gasteiger partial charge in [-0.15, -0.1) is 0 Å². The van der Waals surface area contributed by atoms with Crippen LogP contribution in [0.4, 0.5) is 10.2 Å². The molecule has 0 radical (unpaired) electrons. The highest BCUT2D eigenvalue weighted by Gasteiger charge is 2.04. The minimum Gasteiger partial charge on any atom is -0.366 e. The highest BCUT2D eigenvalue weighted by atomic mass is 19.1. The van der Waals surface area contributed by atoms with Crippen molar-refractivity contribution in [1.82, 2.24) is 9.97 Å². The van der Waals surface area contributed by atoms with Crippen molar-refractivity contribution in [1.29, 1.82) is 0 Å². The molecular formula is C15H18FN3. The number of hydrogen-bond acceptors (Lipinski definition) is 3. The Kier molecular flexibility index (Phi) is 4.10. The summed E-state index contributed by atoms with van der Waals surface area (Å²) in [5.74, 6) is 0.672. The summed E-state index contributed by atoms with van der Waals surface area (Å²) in [5.41, 5.74) is 3.40. The van der Waals surface area contributed by atoms with Gasteiger partial charge in [-0.1, -0.05) is 19.1 Å². The first-order valence-electron chi connectivity index (χ1n) is 6.40. The molecule has 0 unspecified atom stereocenters. The van der Waals surface area contributed by atoms with Gasteiger partial charge in [0.15, 0.2) is 0 Å². The van der Waals surface area contributed by atoms with Crippen LogP contribution in [-0.2, 0) is 13.0 Å². The van der Waals surface area contributed by atoms with E-state index < -0.39 is 0 Å². The molecule has 0 saturated heterocycles. The second-order valence-corrected chi connectivity index (χ2v) is 4.65. The van der Waals surface area contributed by atoms with Gasteiger partial charge in [-0.2, -0.15) is 0 Å². The van der Waals surface area contributed by atoms with Gasteiger partial charge >= 0.3 is 0 Å². The molecule has 1 aromatic heterocycles. The highest BCUT2D eigenvalue weighted by Crippen LogP contribution is 2.16. The van der Waals surface area contributed by atoms with Crippen LogP contribution in [0.5, 0.6) is 0 Å². The van der Waals surface area contributed by atoms with Crippen LogP contribution in [-0.4, -0.2) is 9.97 Å². The summed E-state index contributed by atoms with van der Waals surface area (Å²) < 4.78 is 13.5. The fourth-order valence-electron chi connectivity index (χ4n) is 2.02. The smallest absolute Gasteiger partial charge is 0.129 e. The predicted octanol–water partition coefficient (Wildman–Crippen LogP) is 3.41. The van der Waals surface area contributed by atoms with E-state index in [2.05, 4.69) is 22.2 Å². The van der Waals surface area contributed by atoms with E-state index in [9.17, 15) is 4.39 Å². The van der Waals surface area contributed by atoms with Crippen molar-refractivity contribution in [2.75, 3.05) is 5.32 Å². The lowest BCUT2D eigenvalue weighted by molar-refractivity contribution is 0.608. The van der Waals surface area contributed by atoms with Gasteiger partial charge in [0.1, 0.15) is 18.0 Å². The SMILES string of the molecule is CCc1cc(NCc2cc(C)c(F)c(C)c2)ncn1. The van der Waals surface area contributed by atoms with Crippen LogP contribution >= 0.6 is 0 Å². The monoisotopic (exact) mass is 259 g/mol. The van der Waals surface area contributed by atoms with Crippen LogP contribution in [0.15, 0.2) is 24.5 Å². The van der Waals surface area contributed by atoms with Gasteiger partial charge in [0.25, 0.3) is 0 Å². The molecule has 1 heterocycles. The molecule has 2 rings (SSSR count). The van der Waals surface area contributed by atoms with E-state index in [1.165, 1.54) is 0 Å². The molecule has 0 saturated carbocycles. The van der Waals surface area contributed by atoms with Crippen molar-refractivity contribution in [2.45, 2.75) is 33.7 Å². The Hall–Kier alpha value is -1.97. The summed E-state index contributed by atoms with van der Waals surface area (Å²) >= 11 is 0. The zero-order valence-corrected chi connectivity index (χ0v) is 11.5. The van der Waals surface area contributed by atoms with Gasteiger partial charge in [0.2, 0.25) is 0 Å². The molecule has 2 aromatic rings. The van der Waals surface area contributed by atoms with E-state index in [0.717, 1.165) is 23.5 Å². The third-order valence-electron chi connectivity index (χ3n) is 3.06. The number of halogens is 1. The summed E-state index contributed by atoms with van der Waals surface area (Å²) in [4.78, 5) is 8.32. The van der Waals surface area contributed by atoms with Gasteiger partial charge in [0.05, 0.1) is 0 Å². The lowest BCUT2D eigenvalue weighted by Gasteiger charge is -2.09. The largest absolute Gasteiger partial charge is 0.366 e. The molecule has 0 spiro atoms. The number of rotatable bonds is 4. The topological polar surface area (TPSA) is 37.8 Å². The van der Waals surface area contributed by atoms with Crippen molar-refractivity contribution in [2.24, 2.45) is 0 Å². The Balaban J connectivity index is 2.10. The number of aromatic nitrogens is 2. The number of nitrogens with one attached hydrogen (secondary N) is 1. The van der Waals surface area contributed by atoms with Crippen LogP contribution in [0.3, 0.4) is 0 Å². The third kappa shape index (κ3) is 3.28. The Morgan fingerprint density at radius 2 is 1.79 bits per heavy atom. The molecule has 0 bridgehead atoms. The molecule has 100 valence electrons. The Bertz CT molecular complexity index is 558. The predicted molar refractivity (Wildman–Crippen MR) is 74.6 cm³/mol. The summed E-state index contributed by atoms with van der Waals surface area (Å²) in [7, 11) is 0. The van der Waals surface area contributed by atoms with Crippen molar-refractivity contribution < 1.29 is 4.39 Å². The molecule has 0 fully saturated rings. The molecule has 19 heavy (non-hydrogen) atoms. The lowest BCUT2D eigenvalue weighted by Crippen LogP contribution is -2.04. The first-order valence-corrected chi connectivity index (χ1v) is 6.40. The van der Waals surface area contributed by atoms with Gasteiger partial charge in [0, 0.05) is 18.3 Å².